The Hall–Kier alpha value is -2.80. The van der Waals surface area contributed by atoms with Gasteiger partial charge in [-0.2, -0.15) is 0 Å². The van der Waals surface area contributed by atoms with Crippen LogP contribution in [0.2, 0.25) is 0 Å². The highest BCUT2D eigenvalue weighted by Crippen LogP contribution is 2.30. The van der Waals surface area contributed by atoms with Crippen LogP contribution in [0.1, 0.15) is 52.0 Å². The van der Waals surface area contributed by atoms with Gasteiger partial charge in [0.05, 0.1) is 7.11 Å². The van der Waals surface area contributed by atoms with Gasteiger partial charge < -0.3 is 25.8 Å². The minimum atomic E-state index is -0.832. The molecule has 32 heavy (non-hydrogen) atoms. The Labute approximate surface area is 191 Å². The number of methoxy groups -OCH3 is 1. The lowest BCUT2D eigenvalue weighted by atomic mass is 9.85. The number of hydrogen-bond acceptors (Lipinski definition) is 5. The lowest BCUT2D eigenvalue weighted by Gasteiger charge is -2.38. The Morgan fingerprint density at radius 2 is 1.88 bits per heavy atom. The first-order valence-corrected chi connectivity index (χ1v) is 11.3. The summed E-state index contributed by atoms with van der Waals surface area (Å²) in [6.45, 7) is 7.19. The van der Waals surface area contributed by atoms with Gasteiger partial charge >= 0.3 is 6.09 Å². The van der Waals surface area contributed by atoms with Crippen molar-refractivity contribution in [2.24, 2.45) is 5.92 Å². The molecule has 7 nitrogen and oxygen atoms in total. The summed E-state index contributed by atoms with van der Waals surface area (Å²) < 4.78 is 5.57. The number of nitrogen functional groups attached to an aromatic ring is 1. The molecule has 0 bridgehead atoms. The molecule has 1 saturated carbocycles. The van der Waals surface area contributed by atoms with Crippen molar-refractivity contribution in [1.82, 2.24) is 15.2 Å². The third-order valence-corrected chi connectivity index (χ3v) is 6.31. The van der Waals surface area contributed by atoms with Crippen LogP contribution in [0.4, 0.5) is 10.6 Å². The zero-order chi connectivity index (χ0) is 23.3. The maximum Gasteiger partial charge on any atom is 0.407 e. The van der Waals surface area contributed by atoms with Crippen molar-refractivity contribution < 1.29 is 14.6 Å². The van der Waals surface area contributed by atoms with E-state index in [1.165, 1.54) is 0 Å². The van der Waals surface area contributed by atoms with Gasteiger partial charge in [0.2, 0.25) is 0 Å². The van der Waals surface area contributed by atoms with Gasteiger partial charge in [-0.15, -0.1) is 0 Å². The second-order valence-electron chi connectivity index (χ2n) is 9.66. The van der Waals surface area contributed by atoms with Crippen molar-refractivity contribution in [3.63, 3.8) is 0 Å². The summed E-state index contributed by atoms with van der Waals surface area (Å²) in [5.41, 5.74) is 8.54. The molecular formula is C25H36N4O3. The van der Waals surface area contributed by atoms with Crippen molar-refractivity contribution in [2.75, 3.05) is 19.4 Å². The molecule has 0 atom stereocenters. The molecular weight excluding hydrogens is 404 g/mol. The number of nitrogens with one attached hydrogen (secondary N) is 1. The molecule has 1 aromatic carbocycles. The molecule has 0 unspecified atom stereocenters. The summed E-state index contributed by atoms with van der Waals surface area (Å²) in [5, 5.41) is 13.2. The fraction of sp³-hybridized carbons (Fsp3) is 0.520. The van der Waals surface area contributed by atoms with Crippen LogP contribution in [0, 0.1) is 5.92 Å². The molecule has 1 fully saturated rings. The number of rotatable bonds is 7. The molecule has 0 spiro atoms. The molecule has 1 aliphatic carbocycles. The van der Waals surface area contributed by atoms with Gasteiger partial charge in [-0.1, -0.05) is 6.07 Å². The monoisotopic (exact) mass is 440 g/mol. The van der Waals surface area contributed by atoms with E-state index in [2.05, 4.69) is 16.4 Å². The third kappa shape index (κ3) is 6.13. The van der Waals surface area contributed by atoms with Gasteiger partial charge in [0.25, 0.3) is 0 Å². The van der Waals surface area contributed by atoms with Gasteiger partial charge in [-0.05, 0) is 82.2 Å². The number of ether oxygens (including phenoxy) is 1. The zero-order valence-electron chi connectivity index (χ0n) is 19.6. The van der Waals surface area contributed by atoms with E-state index in [-0.39, 0.29) is 5.54 Å². The number of hydrogen-bond donors (Lipinski definition) is 3. The van der Waals surface area contributed by atoms with Crippen molar-refractivity contribution in [1.29, 1.82) is 0 Å². The van der Waals surface area contributed by atoms with E-state index in [0.717, 1.165) is 54.7 Å². The summed E-state index contributed by atoms with van der Waals surface area (Å²) in [6, 6.07) is 10.4. The molecule has 1 heterocycles. The highest BCUT2D eigenvalue weighted by molar-refractivity contribution is 5.66. The van der Waals surface area contributed by atoms with E-state index >= 15 is 0 Å². The van der Waals surface area contributed by atoms with E-state index < -0.39 is 6.09 Å². The lowest BCUT2D eigenvalue weighted by Crippen LogP contribution is -2.48. The molecule has 2 aromatic rings. The summed E-state index contributed by atoms with van der Waals surface area (Å²) in [6.07, 6.45) is 5.12. The van der Waals surface area contributed by atoms with E-state index in [4.69, 9.17) is 10.5 Å². The minimum absolute atomic E-state index is 0.373. The number of benzene rings is 1. The van der Waals surface area contributed by atoms with Crippen molar-refractivity contribution in [3.05, 3.63) is 42.1 Å². The van der Waals surface area contributed by atoms with Gasteiger partial charge in [-0.3, -0.25) is 0 Å². The standard InChI is InChI=1S/C25H36N4O3/c1-25(2,3)29(24(30)31)16-17-5-9-21(10-6-17)27-15-20-13-18(7-11-22(20)32-4)19-8-12-23(26)28-14-19/h7-8,11-14,17,21,27H,5-6,9-10,15-16H2,1-4H3,(H2,26,28)(H,30,31). The Kier molecular flexibility index (Phi) is 7.61. The normalized spacial score (nSPS) is 18.9. The maximum atomic E-state index is 11.6. The fourth-order valence-corrected chi connectivity index (χ4v) is 4.37. The van der Waals surface area contributed by atoms with E-state index in [1.807, 2.05) is 39.0 Å². The van der Waals surface area contributed by atoms with Crippen LogP contribution in [-0.2, 0) is 6.54 Å². The van der Waals surface area contributed by atoms with E-state index in [9.17, 15) is 9.90 Å². The predicted octanol–water partition coefficient (Wildman–Crippen LogP) is 4.77. The average Bonchev–Trinajstić information content (AvgIpc) is 2.76. The first kappa shape index (κ1) is 23.9. The number of nitrogens with two attached hydrogens (primary N) is 1. The van der Waals surface area contributed by atoms with Crippen molar-refractivity contribution >= 4 is 11.9 Å². The number of carbonyl (C=O) groups is 1. The first-order valence-electron chi connectivity index (χ1n) is 11.3. The Bertz CT molecular complexity index is 900. The Morgan fingerprint density at radius 3 is 2.44 bits per heavy atom. The zero-order valence-corrected chi connectivity index (χ0v) is 19.6. The summed E-state index contributed by atoms with van der Waals surface area (Å²) in [4.78, 5) is 17.4. The molecule has 1 aliphatic rings. The highest BCUT2D eigenvalue weighted by atomic mass is 16.5. The third-order valence-electron chi connectivity index (χ3n) is 6.31. The molecule has 1 aromatic heterocycles. The predicted molar refractivity (Wildman–Crippen MR) is 128 cm³/mol. The average molecular weight is 441 g/mol. The summed E-state index contributed by atoms with van der Waals surface area (Å²) in [7, 11) is 1.69. The van der Waals surface area contributed by atoms with Crippen LogP contribution in [0.15, 0.2) is 36.5 Å². The molecule has 174 valence electrons. The molecule has 1 amide bonds. The summed E-state index contributed by atoms with van der Waals surface area (Å²) in [5.74, 6) is 1.79. The molecule has 0 aliphatic heterocycles. The number of aromatic nitrogens is 1. The molecule has 3 rings (SSSR count). The fourth-order valence-electron chi connectivity index (χ4n) is 4.37. The van der Waals surface area contributed by atoms with Gasteiger partial charge in [0.1, 0.15) is 11.6 Å². The number of amides is 1. The Balaban J connectivity index is 1.58. The van der Waals surface area contributed by atoms with E-state index in [0.29, 0.717) is 24.3 Å². The molecule has 4 N–H and O–H groups in total. The smallest absolute Gasteiger partial charge is 0.407 e. The quantitative estimate of drug-likeness (QED) is 0.574. The lowest BCUT2D eigenvalue weighted by molar-refractivity contribution is 0.0812. The second kappa shape index (κ2) is 10.2. The van der Waals surface area contributed by atoms with Crippen LogP contribution in [0.25, 0.3) is 11.1 Å². The second-order valence-corrected chi connectivity index (χ2v) is 9.66. The Morgan fingerprint density at radius 1 is 1.19 bits per heavy atom. The number of carboxylic acid groups (broad SMARTS) is 1. The first-order chi connectivity index (χ1) is 15.2. The number of anilines is 1. The van der Waals surface area contributed by atoms with Crippen molar-refractivity contribution in [2.45, 2.75) is 64.6 Å². The van der Waals surface area contributed by atoms with Crippen LogP contribution < -0.4 is 15.8 Å². The van der Waals surface area contributed by atoms with Crippen LogP contribution in [-0.4, -0.2) is 46.3 Å². The van der Waals surface area contributed by atoms with Gasteiger partial charge in [0.15, 0.2) is 0 Å². The van der Waals surface area contributed by atoms with Crippen LogP contribution >= 0.6 is 0 Å². The van der Waals surface area contributed by atoms with Crippen LogP contribution in [0.3, 0.4) is 0 Å². The maximum absolute atomic E-state index is 11.6. The van der Waals surface area contributed by atoms with Gasteiger partial charge in [-0.25, -0.2) is 9.78 Å². The van der Waals surface area contributed by atoms with Crippen molar-refractivity contribution in [3.8, 4) is 16.9 Å². The largest absolute Gasteiger partial charge is 0.496 e. The number of nitrogens with zero attached hydrogens (tertiary/aromatic N) is 2. The molecule has 0 radical (unpaired) electrons. The SMILES string of the molecule is COc1ccc(-c2ccc(N)nc2)cc1CNC1CCC(CN(C(=O)O)C(C)(C)C)CC1. The van der Waals surface area contributed by atoms with Crippen LogP contribution in [0.5, 0.6) is 5.75 Å². The minimum Gasteiger partial charge on any atom is -0.496 e. The van der Waals surface area contributed by atoms with E-state index in [1.54, 1.807) is 24.3 Å². The molecule has 0 saturated heterocycles. The highest BCUT2D eigenvalue weighted by Gasteiger charge is 2.30. The topological polar surface area (TPSA) is 101 Å². The van der Waals surface area contributed by atoms with Gasteiger partial charge in [0, 0.05) is 42.0 Å². The number of pyridine rings is 1. The molecule has 7 heteroatoms. The summed E-state index contributed by atoms with van der Waals surface area (Å²) >= 11 is 0.